The van der Waals surface area contributed by atoms with Gasteiger partial charge in [0.15, 0.2) is 0 Å². The number of morpholine rings is 1. The van der Waals surface area contributed by atoms with Gasteiger partial charge in [-0.15, -0.1) is 0 Å². The number of carbonyl (C=O) groups is 1. The molecule has 0 aromatic heterocycles. The highest BCUT2D eigenvalue weighted by Gasteiger charge is 2.35. The Balaban J connectivity index is 2.02. The van der Waals surface area contributed by atoms with E-state index in [1.807, 2.05) is 0 Å². The maximum Gasteiger partial charge on any atom is 0.250 e. The van der Waals surface area contributed by atoms with E-state index in [4.69, 9.17) is 27.8 Å². The second kappa shape index (κ2) is 4.58. The van der Waals surface area contributed by atoms with Crippen molar-refractivity contribution in [1.29, 1.82) is 0 Å². The molecule has 6 heteroatoms. The number of ether oxygens (including phenoxy) is 1. The SMILES string of the molecule is NC(=O)c1cc(N)cc(Cl)c1N1CC2CCC(C1)O2. The van der Waals surface area contributed by atoms with Crippen LogP contribution in [0.4, 0.5) is 11.4 Å². The molecule has 2 fully saturated rings. The van der Waals surface area contributed by atoms with Crippen LogP contribution in [0.2, 0.25) is 5.02 Å². The number of nitrogens with zero attached hydrogens (tertiary/aromatic N) is 1. The molecule has 3 rings (SSSR count). The Bertz CT molecular complexity index is 523. The summed E-state index contributed by atoms with van der Waals surface area (Å²) < 4.78 is 5.79. The van der Waals surface area contributed by atoms with Crippen molar-refractivity contribution >= 4 is 28.9 Å². The van der Waals surface area contributed by atoms with Crippen LogP contribution >= 0.6 is 11.6 Å². The van der Waals surface area contributed by atoms with Crippen molar-refractivity contribution in [2.45, 2.75) is 25.0 Å². The van der Waals surface area contributed by atoms with Gasteiger partial charge in [-0.05, 0) is 25.0 Å². The summed E-state index contributed by atoms with van der Waals surface area (Å²) in [5, 5.41) is 0.468. The molecule has 2 unspecified atom stereocenters. The summed E-state index contributed by atoms with van der Waals surface area (Å²) in [4.78, 5) is 13.7. The zero-order chi connectivity index (χ0) is 13.6. The number of nitrogen functional groups attached to an aromatic ring is 1. The van der Waals surface area contributed by atoms with Gasteiger partial charge in [0, 0.05) is 18.8 Å². The molecule has 0 aliphatic carbocycles. The molecule has 2 aliphatic heterocycles. The molecule has 2 saturated heterocycles. The number of anilines is 2. The lowest BCUT2D eigenvalue weighted by Crippen LogP contribution is -2.43. The minimum atomic E-state index is -0.511. The molecule has 0 saturated carbocycles. The highest BCUT2D eigenvalue weighted by Crippen LogP contribution is 2.37. The molecule has 2 aliphatic rings. The van der Waals surface area contributed by atoms with E-state index >= 15 is 0 Å². The first-order valence-electron chi connectivity index (χ1n) is 6.34. The number of benzene rings is 1. The summed E-state index contributed by atoms with van der Waals surface area (Å²) >= 11 is 6.26. The van der Waals surface area contributed by atoms with Crippen molar-refractivity contribution in [3.63, 3.8) is 0 Å². The Kier molecular flexibility index (Phi) is 3.03. The number of fused-ring (bicyclic) bond motifs is 2. The third kappa shape index (κ3) is 2.24. The lowest BCUT2D eigenvalue weighted by Gasteiger charge is -2.35. The normalized spacial score (nSPS) is 25.6. The van der Waals surface area contributed by atoms with Crippen molar-refractivity contribution in [3.8, 4) is 0 Å². The van der Waals surface area contributed by atoms with Crippen molar-refractivity contribution in [1.82, 2.24) is 0 Å². The van der Waals surface area contributed by atoms with Crippen LogP contribution in [-0.4, -0.2) is 31.2 Å². The summed E-state index contributed by atoms with van der Waals surface area (Å²) in [6, 6.07) is 3.24. The molecule has 2 bridgehead atoms. The molecule has 1 amide bonds. The Morgan fingerprint density at radius 1 is 1.32 bits per heavy atom. The van der Waals surface area contributed by atoms with Crippen LogP contribution in [0.5, 0.6) is 0 Å². The Hall–Kier alpha value is -1.46. The fraction of sp³-hybridized carbons (Fsp3) is 0.462. The van der Waals surface area contributed by atoms with Gasteiger partial charge in [0.25, 0.3) is 5.91 Å². The van der Waals surface area contributed by atoms with Gasteiger partial charge in [0.2, 0.25) is 0 Å². The third-order valence-corrected chi connectivity index (χ3v) is 4.00. The van der Waals surface area contributed by atoms with Gasteiger partial charge in [0.05, 0.1) is 28.5 Å². The number of halogens is 1. The van der Waals surface area contributed by atoms with E-state index in [1.165, 1.54) is 0 Å². The number of nitrogens with two attached hydrogens (primary N) is 2. The molecule has 1 aromatic rings. The molecule has 0 radical (unpaired) electrons. The highest BCUT2D eigenvalue weighted by molar-refractivity contribution is 6.34. The third-order valence-electron chi connectivity index (χ3n) is 3.71. The van der Waals surface area contributed by atoms with Gasteiger partial charge in [-0.25, -0.2) is 0 Å². The molecule has 19 heavy (non-hydrogen) atoms. The maximum atomic E-state index is 11.6. The standard InChI is InChI=1S/C13H16ClN3O2/c14-11-4-7(15)3-10(13(16)18)12(11)17-5-8-1-2-9(6-17)19-8/h3-4,8-9H,1-2,5-6,15H2,(H2,16,18). The molecule has 5 nitrogen and oxygen atoms in total. The first kappa shape index (κ1) is 12.6. The van der Waals surface area contributed by atoms with E-state index < -0.39 is 5.91 Å². The van der Waals surface area contributed by atoms with Gasteiger partial charge >= 0.3 is 0 Å². The van der Waals surface area contributed by atoms with Crippen LogP contribution in [0.25, 0.3) is 0 Å². The van der Waals surface area contributed by atoms with E-state index in [-0.39, 0.29) is 12.2 Å². The number of hydrogen-bond donors (Lipinski definition) is 2. The first-order valence-corrected chi connectivity index (χ1v) is 6.71. The average Bonchev–Trinajstić information content (AvgIpc) is 2.67. The topological polar surface area (TPSA) is 81.6 Å². The van der Waals surface area contributed by atoms with E-state index in [0.717, 1.165) is 25.9 Å². The lowest BCUT2D eigenvalue weighted by atomic mass is 10.1. The fourth-order valence-corrected chi connectivity index (χ4v) is 3.27. The monoisotopic (exact) mass is 281 g/mol. The fourth-order valence-electron chi connectivity index (χ4n) is 2.93. The zero-order valence-corrected chi connectivity index (χ0v) is 11.2. The van der Waals surface area contributed by atoms with Crippen LogP contribution in [0.15, 0.2) is 12.1 Å². The first-order chi connectivity index (χ1) is 9.04. The van der Waals surface area contributed by atoms with Crippen molar-refractivity contribution in [2.24, 2.45) is 5.73 Å². The van der Waals surface area contributed by atoms with Crippen LogP contribution in [-0.2, 0) is 4.74 Å². The number of rotatable bonds is 2. The van der Waals surface area contributed by atoms with E-state index in [9.17, 15) is 4.79 Å². The van der Waals surface area contributed by atoms with Crippen LogP contribution in [0, 0.1) is 0 Å². The van der Waals surface area contributed by atoms with Gasteiger partial charge < -0.3 is 21.1 Å². The van der Waals surface area contributed by atoms with Gasteiger partial charge in [-0.3, -0.25) is 4.79 Å². The quantitative estimate of drug-likeness (QED) is 0.803. The Labute approximate surface area is 116 Å². The van der Waals surface area contributed by atoms with Crippen molar-refractivity contribution in [3.05, 3.63) is 22.7 Å². The molecule has 0 spiro atoms. The molecule has 2 heterocycles. The molecular weight excluding hydrogens is 266 g/mol. The van der Waals surface area contributed by atoms with Gasteiger partial charge in [0.1, 0.15) is 0 Å². The summed E-state index contributed by atoms with van der Waals surface area (Å²) in [6.45, 7) is 1.47. The van der Waals surface area contributed by atoms with Crippen LogP contribution in [0.1, 0.15) is 23.2 Å². The number of hydrogen-bond acceptors (Lipinski definition) is 4. The maximum absolute atomic E-state index is 11.6. The Morgan fingerprint density at radius 2 is 1.95 bits per heavy atom. The smallest absolute Gasteiger partial charge is 0.250 e. The van der Waals surface area contributed by atoms with Crippen LogP contribution in [0.3, 0.4) is 0 Å². The van der Waals surface area contributed by atoms with Gasteiger partial charge in [-0.1, -0.05) is 11.6 Å². The predicted octanol–water partition coefficient (Wildman–Crippen LogP) is 1.39. The summed E-state index contributed by atoms with van der Waals surface area (Å²) in [5.74, 6) is -0.511. The summed E-state index contributed by atoms with van der Waals surface area (Å²) in [7, 11) is 0. The minimum absolute atomic E-state index is 0.216. The largest absolute Gasteiger partial charge is 0.399 e. The second-order valence-electron chi connectivity index (χ2n) is 5.13. The summed E-state index contributed by atoms with van der Waals surface area (Å²) in [5.41, 5.74) is 12.7. The molecule has 1 aromatic carbocycles. The van der Waals surface area contributed by atoms with Crippen molar-refractivity contribution < 1.29 is 9.53 Å². The number of primary amides is 1. The van der Waals surface area contributed by atoms with E-state index in [1.54, 1.807) is 12.1 Å². The van der Waals surface area contributed by atoms with Crippen LogP contribution < -0.4 is 16.4 Å². The lowest BCUT2D eigenvalue weighted by molar-refractivity contribution is 0.0304. The number of carbonyl (C=O) groups excluding carboxylic acids is 1. The summed E-state index contributed by atoms with van der Waals surface area (Å²) in [6.07, 6.45) is 2.54. The molecular formula is C13H16ClN3O2. The predicted molar refractivity (Wildman–Crippen MR) is 74.5 cm³/mol. The van der Waals surface area contributed by atoms with Gasteiger partial charge in [-0.2, -0.15) is 0 Å². The van der Waals surface area contributed by atoms with Crippen molar-refractivity contribution in [2.75, 3.05) is 23.7 Å². The van der Waals surface area contributed by atoms with E-state index in [2.05, 4.69) is 4.90 Å². The average molecular weight is 282 g/mol. The number of amides is 1. The highest BCUT2D eigenvalue weighted by atomic mass is 35.5. The zero-order valence-electron chi connectivity index (χ0n) is 10.4. The Morgan fingerprint density at radius 3 is 2.53 bits per heavy atom. The molecule has 4 N–H and O–H groups in total. The molecule has 102 valence electrons. The van der Waals surface area contributed by atoms with E-state index in [0.29, 0.717) is 22.0 Å². The molecule has 2 atom stereocenters. The minimum Gasteiger partial charge on any atom is -0.399 e. The second-order valence-corrected chi connectivity index (χ2v) is 5.53.